The quantitative estimate of drug-likeness (QED) is 0.351. The molecule has 3 rings (SSSR count). The maximum absolute atomic E-state index is 13.1. The van der Waals surface area contributed by atoms with Crippen LogP contribution < -0.4 is 19.9 Å². The van der Waals surface area contributed by atoms with Crippen LogP contribution in [0, 0.1) is 5.82 Å². The number of sulfonamides is 1. The highest BCUT2D eigenvalue weighted by atomic mass is 79.9. The molecule has 0 radical (unpaired) electrons. The molecular formula is C24H26BrFN2O4S. The molecule has 0 spiro atoms. The second-order valence-corrected chi connectivity index (χ2v) is 9.78. The van der Waals surface area contributed by atoms with Crippen molar-refractivity contribution in [2.75, 3.05) is 13.2 Å². The van der Waals surface area contributed by atoms with Gasteiger partial charge in [0, 0.05) is 6.54 Å². The van der Waals surface area contributed by atoms with Gasteiger partial charge in [0.2, 0.25) is 10.0 Å². The van der Waals surface area contributed by atoms with Crippen LogP contribution in [0.1, 0.15) is 23.6 Å². The van der Waals surface area contributed by atoms with E-state index >= 15 is 0 Å². The largest absolute Gasteiger partial charge is 0.490 e. The fraction of sp³-hybridized carbons (Fsp3) is 0.250. The molecule has 0 heterocycles. The Morgan fingerprint density at radius 1 is 0.970 bits per heavy atom. The number of ether oxygens (including phenoxy) is 2. The van der Waals surface area contributed by atoms with Crippen molar-refractivity contribution in [3.8, 4) is 11.5 Å². The van der Waals surface area contributed by atoms with Gasteiger partial charge in [-0.05, 0) is 88.9 Å². The smallest absolute Gasteiger partial charge is 0.238 e. The summed E-state index contributed by atoms with van der Waals surface area (Å²) >= 11 is 3.57. The van der Waals surface area contributed by atoms with E-state index in [0.717, 1.165) is 27.6 Å². The minimum Gasteiger partial charge on any atom is -0.490 e. The fourth-order valence-electron chi connectivity index (χ4n) is 3.17. The Kier molecular flexibility index (Phi) is 8.85. The summed E-state index contributed by atoms with van der Waals surface area (Å²) in [6.45, 7) is 4.01. The van der Waals surface area contributed by atoms with Crippen molar-refractivity contribution in [2.45, 2.75) is 31.4 Å². The minimum atomic E-state index is -3.68. The van der Waals surface area contributed by atoms with Crippen LogP contribution >= 0.6 is 15.9 Å². The summed E-state index contributed by atoms with van der Waals surface area (Å²) in [6, 6.07) is 16.6. The average molecular weight is 537 g/mol. The number of primary sulfonamides is 1. The Balaban J connectivity index is 1.58. The molecule has 0 aliphatic rings. The zero-order valence-electron chi connectivity index (χ0n) is 18.2. The number of benzene rings is 3. The molecule has 0 unspecified atom stereocenters. The van der Waals surface area contributed by atoms with Crippen molar-refractivity contribution in [1.82, 2.24) is 5.32 Å². The zero-order valence-corrected chi connectivity index (χ0v) is 20.6. The molecular weight excluding hydrogens is 511 g/mol. The van der Waals surface area contributed by atoms with Gasteiger partial charge >= 0.3 is 0 Å². The average Bonchev–Trinajstić information content (AvgIpc) is 2.77. The zero-order chi connectivity index (χ0) is 23.8. The van der Waals surface area contributed by atoms with Gasteiger partial charge in [-0.15, -0.1) is 0 Å². The number of hydrogen-bond acceptors (Lipinski definition) is 5. The summed E-state index contributed by atoms with van der Waals surface area (Å²) in [7, 11) is -3.68. The van der Waals surface area contributed by atoms with Crippen LogP contribution in [-0.4, -0.2) is 21.6 Å². The van der Waals surface area contributed by atoms with Crippen molar-refractivity contribution >= 4 is 26.0 Å². The standard InChI is InChI=1S/C24H26BrFN2O4S/c1-2-31-23-14-19(13-22(25)24(23)32-16-18-3-7-20(26)8-4-18)15-28-12-11-17-5-9-21(10-6-17)33(27,29)30/h3-10,13-14,28H,2,11-12,15-16H2,1H3,(H2,27,29,30). The number of rotatable bonds is 11. The van der Waals surface area contributed by atoms with E-state index in [1.54, 1.807) is 24.3 Å². The van der Waals surface area contributed by atoms with Crippen LogP contribution in [0.25, 0.3) is 0 Å². The lowest BCUT2D eigenvalue weighted by Gasteiger charge is -2.16. The van der Waals surface area contributed by atoms with E-state index < -0.39 is 10.0 Å². The monoisotopic (exact) mass is 536 g/mol. The van der Waals surface area contributed by atoms with Crippen LogP contribution in [-0.2, 0) is 29.6 Å². The molecule has 0 aliphatic heterocycles. The molecule has 0 aromatic heterocycles. The molecule has 0 fully saturated rings. The maximum atomic E-state index is 13.1. The topological polar surface area (TPSA) is 90.6 Å². The second-order valence-electron chi connectivity index (χ2n) is 7.37. The maximum Gasteiger partial charge on any atom is 0.238 e. The Hall–Kier alpha value is -2.46. The first-order valence-corrected chi connectivity index (χ1v) is 12.7. The van der Waals surface area contributed by atoms with Gasteiger partial charge in [0.15, 0.2) is 11.5 Å². The van der Waals surface area contributed by atoms with Gasteiger partial charge in [-0.25, -0.2) is 17.9 Å². The molecule has 3 aromatic rings. The predicted molar refractivity (Wildman–Crippen MR) is 129 cm³/mol. The van der Waals surface area contributed by atoms with E-state index in [0.29, 0.717) is 37.8 Å². The van der Waals surface area contributed by atoms with Crippen molar-refractivity contribution in [3.05, 3.63) is 87.6 Å². The van der Waals surface area contributed by atoms with Crippen LogP contribution in [0.5, 0.6) is 11.5 Å². The highest BCUT2D eigenvalue weighted by Crippen LogP contribution is 2.37. The number of nitrogens with two attached hydrogens (primary N) is 1. The lowest BCUT2D eigenvalue weighted by Crippen LogP contribution is -2.17. The highest BCUT2D eigenvalue weighted by Gasteiger charge is 2.13. The van der Waals surface area contributed by atoms with Crippen LogP contribution in [0.4, 0.5) is 4.39 Å². The van der Waals surface area contributed by atoms with E-state index in [4.69, 9.17) is 14.6 Å². The normalized spacial score (nSPS) is 11.4. The molecule has 176 valence electrons. The van der Waals surface area contributed by atoms with Gasteiger partial charge < -0.3 is 14.8 Å². The van der Waals surface area contributed by atoms with Gasteiger partial charge in [0.05, 0.1) is 16.0 Å². The first-order valence-electron chi connectivity index (χ1n) is 10.4. The SMILES string of the molecule is CCOc1cc(CNCCc2ccc(S(N)(=O)=O)cc2)cc(Br)c1OCc1ccc(F)cc1. The Morgan fingerprint density at radius 3 is 2.27 bits per heavy atom. The van der Waals surface area contributed by atoms with Crippen molar-refractivity contribution in [2.24, 2.45) is 5.14 Å². The lowest BCUT2D eigenvalue weighted by atomic mass is 10.1. The van der Waals surface area contributed by atoms with Gasteiger partial charge in [-0.2, -0.15) is 0 Å². The summed E-state index contributed by atoms with van der Waals surface area (Å²) in [5.74, 6) is 0.941. The molecule has 0 amide bonds. The van der Waals surface area contributed by atoms with E-state index in [1.807, 2.05) is 19.1 Å². The van der Waals surface area contributed by atoms with E-state index in [1.165, 1.54) is 24.3 Å². The van der Waals surface area contributed by atoms with Crippen molar-refractivity contribution < 1.29 is 22.3 Å². The van der Waals surface area contributed by atoms with Gasteiger partial charge in [0.25, 0.3) is 0 Å². The molecule has 0 atom stereocenters. The Morgan fingerprint density at radius 2 is 1.64 bits per heavy atom. The Labute approximate surface area is 202 Å². The van der Waals surface area contributed by atoms with Crippen molar-refractivity contribution in [1.29, 1.82) is 0 Å². The third-order valence-electron chi connectivity index (χ3n) is 4.84. The number of hydrogen-bond donors (Lipinski definition) is 2. The molecule has 0 saturated heterocycles. The first-order chi connectivity index (χ1) is 15.8. The third-order valence-corrected chi connectivity index (χ3v) is 6.36. The summed E-state index contributed by atoms with van der Waals surface area (Å²) < 4.78 is 48.3. The molecule has 6 nitrogen and oxygen atoms in total. The van der Waals surface area contributed by atoms with Gasteiger partial charge in [-0.1, -0.05) is 24.3 Å². The third kappa shape index (κ3) is 7.53. The molecule has 3 aromatic carbocycles. The molecule has 0 bridgehead atoms. The van der Waals surface area contributed by atoms with Crippen LogP contribution in [0.15, 0.2) is 70.0 Å². The number of nitrogens with one attached hydrogen (secondary N) is 1. The highest BCUT2D eigenvalue weighted by molar-refractivity contribution is 9.10. The van der Waals surface area contributed by atoms with Gasteiger partial charge in [-0.3, -0.25) is 0 Å². The number of halogens is 2. The van der Waals surface area contributed by atoms with Crippen molar-refractivity contribution in [3.63, 3.8) is 0 Å². The second kappa shape index (κ2) is 11.6. The molecule has 3 N–H and O–H groups in total. The van der Waals surface area contributed by atoms with E-state index in [-0.39, 0.29) is 10.7 Å². The van der Waals surface area contributed by atoms with E-state index in [2.05, 4.69) is 21.2 Å². The molecule has 0 aliphatic carbocycles. The van der Waals surface area contributed by atoms with Crippen LogP contribution in [0.3, 0.4) is 0 Å². The summed E-state index contributed by atoms with van der Waals surface area (Å²) in [4.78, 5) is 0.106. The van der Waals surface area contributed by atoms with Gasteiger partial charge in [0.1, 0.15) is 12.4 Å². The lowest BCUT2D eigenvalue weighted by molar-refractivity contribution is 0.267. The summed E-state index contributed by atoms with van der Waals surface area (Å²) in [5.41, 5.74) is 2.88. The van der Waals surface area contributed by atoms with Crippen LogP contribution in [0.2, 0.25) is 0 Å². The minimum absolute atomic E-state index is 0.106. The first kappa shape index (κ1) is 25.2. The Bertz CT molecular complexity index is 1170. The fourth-order valence-corrected chi connectivity index (χ4v) is 4.29. The molecule has 9 heteroatoms. The summed E-state index contributed by atoms with van der Waals surface area (Å²) in [6.07, 6.45) is 0.739. The molecule has 33 heavy (non-hydrogen) atoms. The predicted octanol–water partition coefficient (Wildman–Crippen LogP) is 4.55. The van der Waals surface area contributed by atoms with E-state index in [9.17, 15) is 12.8 Å². The molecule has 0 saturated carbocycles. The summed E-state index contributed by atoms with van der Waals surface area (Å²) in [5, 5.41) is 8.51.